The Hall–Kier alpha value is -2.24. The molecule has 0 bridgehead atoms. The molecule has 1 rings (SSSR count). The molecule has 6 heteroatoms. The minimum absolute atomic E-state index is 0.0111. The van der Waals surface area contributed by atoms with E-state index in [9.17, 15) is 19.3 Å². The molecule has 78 valence electrons. The van der Waals surface area contributed by atoms with E-state index in [1.165, 1.54) is 0 Å². The Bertz CT molecular complexity index is 442. The third-order valence-electron chi connectivity index (χ3n) is 1.60. The van der Waals surface area contributed by atoms with Crippen molar-refractivity contribution >= 4 is 17.7 Å². The first-order valence-corrected chi connectivity index (χ1v) is 3.85. The van der Waals surface area contributed by atoms with Gasteiger partial charge in [0.2, 0.25) is 0 Å². The lowest BCUT2D eigenvalue weighted by atomic mass is 10.2. The number of benzene rings is 1. The van der Waals surface area contributed by atoms with Crippen molar-refractivity contribution in [3.8, 4) is 0 Å². The van der Waals surface area contributed by atoms with Crippen LogP contribution in [0.1, 0.15) is 5.56 Å². The Labute approximate surface area is 83.6 Å². The molecule has 0 spiro atoms. The van der Waals surface area contributed by atoms with Crippen LogP contribution < -0.4 is 0 Å². The molecule has 5 nitrogen and oxygen atoms in total. The molecule has 0 aliphatic heterocycles. The first kappa shape index (κ1) is 10.8. The summed E-state index contributed by atoms with van der Waals surface area (Å²) in [5.74, 6) is -2.05. The lowest BCUT2D eigenvalue weighted by Crippen LogP contribution is -1.91. The van der Waals surface area contributed by atoms with Crippen molar-refractivity contribution in [2.24, 2.45) is 0 Å². The van der Waals surface area contributed by atoms with Crippen molar-refractivity contribution in [1.82, 2.24) is 0 Å². The molecule has 1 N–H and O–H groups in total. The number of hydrogen-bond acceptors (Lipinski definition) is 3. The topological polar surface area (TPSA) is 80.4 Å². The van der Waals surface area contributed by atoms with Crippen LogP contribution in [0.4, 0.5) is 10.1 Å². The average Bonchev–Trinajstić information content (AvgIpc) is 2.15. The highest BCUT2D eigenvalue weighted by molar-refractivity contribution is 5.85. The van der Waals surface area contributed by atoms with Crippen LogP contribution in [0.5, 0.6) is 0 Å². The normalized spacial score (nSPS) is 10.5. The fraction of sp³-hybridized carbons (Fsp3) is 0. The number of hydrogen-bond donors (Lipinski definition) is 1. The number of carboxylic acids is 1. The summed E-state index contributed by atoms with van der Waals surface area (Å²) in [6.07, 6.45) is 1.78. The molecule has 0 aliphatic rings. The Morgan fingerprint density at radius 3 is 2.67 bits per heavy atom. The number of nitro groups is 1. The van der Waals surface area contributed by atoms with Crippen molar-refractivity contribution in [1.29, 1.82) is 0 Å². The Kier molecular flexibility index (Phi) is 3.12. The molecule has 1 aromatic carbocycles. The Morgan fingerprint density at radius 2 is 2.20 bits per heavy atom. The molecular weight excluding hydrogens is 205 g/mol. The summed E-state index contributed by atoms with van der Waals surface area (Å²) >= 11 is 0. The van der Waals surface area contributed by atoms with Crippen LogP contribution in [-0.4, -0.2) is 16.0 Å². The number of rotatable bonds is 3. The van der Waals surface area contributed by atoms with E-state index in [4.69, 9.17) is 5.11 Å². The summed E-state index contributed by atoms with van der Waals surface area (Å²) in [5, 5.41) is 18.5. The first-order chi connectivity index (χ1) is 7.00. The SMILES string of the molecule is O=C(O)/C=C/c1ccc([N+](=O)[O-])cc1F. The van der Waals surface area contributed by atoms with Crippen LogP contribution in [-0.2, 0) is 4.79 Å². The monoisotopic (exact) mass is 211 g/mol. The van der Waals surface area contributed by atoms with Gasteiger partial charge in [-0.25, -0.2) is 9.18 Å². The minimum atomic E-state index is -1.22. The standard InChI is InChI=1S/C9H6FNO4/c10-8-5-7(11(14)15)3-1-6(8)2-4-9(12)13/h1-5H,(H,12,13)/b4-2+. The molecule has 0 atom stereocenters. The van der Waals surface area contributed by atoms with E-state index >= 15 is 0 Å². The summed E-state index contributed by atoms with van der Waals surface area (Å²) in [7, 11) is 0. The Balaban J connectivity index is 3.03. The predicted molar refractivity (Wildman–Crippen MR) is 49.7 cm³/mol. The van der Waals surface area contributed by atoms with Gasteiger partial charge in [-0.3, -0.25) is 10.1 Å². The van der Waals surface area contributed by atoms with E-state index in [1.54, 1.807) is 0 Å². The second-order valence-corrected chi connectivity index (χ2v) is 2.63. The van der Waals surface area contributed by atoms with Gasteiger partial charge < -0.3 is 5.11 Å². The quantitative estimate of drug-likeness (QED) is 0.469. The summed E-state index contributed by atoms with van der Waals surface area (Å²) in [4.78, 5) is 19.7. The molecule has 0 unspecified atom stereocenters. The van der Waals surface area contributed by atoms with Crippen LogP contribution in [0, 0.1) is 15.9 Å². The lowest BCUT2D eigenvalue weighted by molar-refractivity contribution is -0.385. The number of nitro benzene ring substituents is 1. The molecular formula is C9H6FNO4. The number of aliphatic carboxylic acids is 1. The van der Waals surface area contributed by atoms with E-state index in [0.29, 0.717) is 0 Å². The third-order valence-corrected chi connectivity index (χ3v) is 1.60. The van der Waals surface area contributed by atoms with Gasteiger partial charge in [0.25, 0.3) is 5.69 Å². The first-order valence-electron chi connectivity index (χ1n) is 3.85. The van der Waals surface area contributed by atoms with Gasteiger partial charge in [0, 0.05) is 17.7 Å². The molecule has 0 amide bonds. The zero-order chi connectivity index (χ0) is 11.4. The number of carboxylic acid groups (broad SMARTS) is 1. The molecule has 0 saturated heterocycles. The van der Waals surface area contributed by atoms with Gasteiger partial charge >= 0.3 is 5.97 Å². The highest BCUT2D eigenvalue weighted by Gasteiger charge is 2.08. The van der Waals surface area contributed by atoms with Crippen LogP contribution >= 0.6 is 0 Å². The second kappa shape index (κ2) is 4.32. The summed E-state index contributed by atoms with van der Waals surface area (Å²) < 4.78 is 13.1. The van der Waals surface area contributed by atoms with Gasteiger partial charge in [0.15, 0.2) is 0 Å². The molecule has 0 aromatic heterocycles. The van der Waals surface area contributed by atoms with Gasteiger partial charge in [-0.1, -0.05) is 0 Å². The lowest BCUT2D eigenvalue weighted by Gasteiger charge is -1.96. The Morgan fingerprint density at radius 1 is 1.53 bits per heavy atom. The summed E-state index contributed by atoms with van der Waals surface area (Å²) in [6.45, 7) is 0. The maximum atomic E-state index is 13.1. The largest absolute Gasteiger partial charge is 0.478 e. The molecule has 15 heavy (non-hydrogen) atoms. The smallest absolute Gasteiger partial charge is 0.328 e. The van der Waals surface area contributed by atoms with E-state index in [-0.39, 0.29) is 11.3 Å². The third kappa shape index (κ3) is 2.87. The number of nitrogens with zero attached hydrogens (tertiary/aromatic N) is 1. The average molecular weight is 211 g/mol. The van der Waals surface area contributed by atoms with E-state index in [1.807, 2.05) is 0 Å². The molecule has 1 aromatic rings. The molecule has 0 radical (unpaired) electrons. The maximum absolute atomic E-state index is 13.1. The van der Waals surface area contributed by atoms with Gasteiger partial charge in [-0.05, 0) is 12.1 Å². The van der Waals surface area contributed by atoms with Gasteiger partial charge in [-0.2, -0.15) is 0 Å². The van der Waals surface area contributed by atoms with E-state index in [2.05, 4.69) is 0 Å². The summed E-state index contributed by atoms with van der Waals surface area (Å²) in [6, 6.07) is 2.99. The predicted octanol–water partition coefficient (Wildman–Crippen LogP) is 1.83. The van der Waals surface area contributed by atoms with Crippen LogP contribution in [0.2, 0.25) is 0 Å². The minimum Gasteiger partial charge on any atom is -0.478 e. The molecule has 0 heterocycles. The molecule has 0 fully saturated rings. The van der Waals surface area contributed by atoms with Crippen LogP contribution in [0.25, 0.3) is 6.08 Å². The van der Waals surface area contributed by atoms with Gasteiger partial charge in [0.1, 0.15) is 5.82 Å². The highest BCUT2D eigenvalue weighted by atomic mass is 19.1. The van der Waals surface area contributed by atoms with Crippen molar-refractivity contribution in [2.45, 2.75) is 0 Å². The zero-order valence-electron chi connectivity index (χ0n) is 7.38. The van der Waals surface area contributed by atoms with Gasteiger partial charge in [-0.15, -0.1) is 0 Å². The van der Waals surface area contributed by atoms with Crippen LogP contribution in [0.3, 0.4) is 0 Å². The number of halogens is 1. The molecule has 0 aliphatic carbocycles. The van der Waals surface area contributed by atoms with Crippen molar-refractivity contribution < 1.29 is 19.2 Å². The van der Waals surface area contributed by atoms with Crippen molar-refractivity contribution in [2.75, 3.05) is 0 Å². The fourth-order valence-electron chi connectivity index (χ4n) is 0.926. The number of non-ortho nitro benzene ring substituents is 1. The molecule has 0 saturated carbocycles. The van der Waals surface area contributed by atoms with E-state index in [0.717, 1.165) is 30.4 Å². The van der Waals surface area contributed by atoms with Crippen molar-refractivity contribution in [3.63, 3.8) is 0 Å². The number of carbonyl (C=O) groups is 1. The van der Waals surface area contributed by atoms with Crippen LogP contribution in [0.15, 0.2) is 24.3 Å². The maximum Gasteiger partial charge on any atom is 0.328 e. The van der Waals surface area contributed by atoms with Crippen molar-refractivity contribution in [3.05, 3.63) is 45.8 Å². The van der Waals surface area contributed by atoms with E-state index < -0.39 is 16.7 Å². The summed E-state index contributed by atoms with van der Waals surface area (Å²) in [5.41, 5.74) is -0.386. The second-order valence-electron chi connectivity index (χ2n) is 2.63. The zero-order valence-corrected chi connectivity index (χ0v) is 7.38. The van der Waals surface area contributed by atoms with Gasteiger partial charge in [0.05, 0.1) is 11.0 Å². The fourth-order valence-corrected chi connectivity index (χ4v) is 0.926. The highest BCUT2D eigenvalue weighted by Crippen LogP contribution is 2.17.